The lowest BCUT2D eigenvalue weighted by atomic mass is 9.73. The molecule has 5 aromatic rings. The highest BCUT2D eigenvalue weighted by Crippen LogP contribution is 2.43. The molecule has 0 bridgehead atoms. The van der Waals surface area contributed by atoms with Gasteiger partial charge >= 0.3 is 0 Å². The van der Waals surface area contributed by atoms with E-state index < -0.39 is 5.97 Å². The summed E-state index contributed by atoms with van der Waals surface area (Å²) in [4.78, 5) is 25.9. The number of hydrogen-bond acceptors (Lipinski definition) is 5. The number of carboxylic acids is 1. The van der Waals surface area contributed by atoms with E-state index in [2.05, 4.69) is 41.8 Å². The predicted molar refractivity (Wildman–Crippen MR) is 204 cm³/mol. The molecule has 0 saturated heterocycles. The Morgan fingerprint density at radius 3 is 1.65 bits per heavy atom. The summed E-state index contributed by atoms with van der Waals surface area (Å²) in [5, 5.41) is 16.9. The smallest absolute Gasteiger partial charge is 0.300 e. The molecule has 2 atom stereocenters. The number of carboxylic acid groups (broad SMARTS) is 1. The molecule has 7 rings (SSSR count). The van der Waals surface area contributed by atoms with Crippen LogP contribution >= 0.6 is 0 Å². The SMILES string of the molecule is CC(=O)O.CC(C(=N)N)C1CCC(c2ccnc3ccc(F)cc23)CC1.Cc1nc(C(C)C2CCC(c3ccnc4ccc(F)cc34)CC2)[nH]c1C. The summed E-state index contributed by atoms with van der Waals surface area (Å²) in [6, 6.07) is 13.8. The first-order valence-corrected chi connectivity index (χ1v) is 18.5. The molecule has 5 N–H and O–H groups in total. The zero-order chi connectivity index (χ0) is 37.5. The fourth-order valence-corrected chi connectivity index (χ4v) is 8.12. The molecule has 276 valence electrons. The van der Waals surface area contributed by atoms with Crippen molar-refractivity contribution in [2.75, 3.05) is 0 Å². The van der Waals surface area contributed by atoms with E-state index >= 15 is 0 Å². The number of nitrogens with two attached hydrogens (primary N) is 1. The molecule has 8 nitrogen and oxygen atoms in total. The van der Waals surface area contributed by atoms with Crippen LogP contribution in [0.15, 0.2) is 60.9 Å². The van der Waals surface area contributed by atoms with Gasteiger partial charge in [0, 0.05) is 47.6 Å². The number of halogens is 2. The second kappa shape index (κ2) is 17.2. The number of amidine groups is 1. The van der Waals surface area contributed by atoms with E-state index in [0.717, 1.165) is 78.8 Å². The zero-order valence-corrected chi connectivity index (χ0v) is 30.9. The van der Waals surface area contributed by atoms with Gasteiger partial charge in [0.05, 0.1) is 22.6 Å². The average molecular weight is 711 g/mol. The molecular formula is C42H52F2N6O2. The third-order valence-corrected chi connectivity index (χ3v) is 11.4. The number of benzene rings is 2. The summed E-state index contributed by atoms with van der Waals surface area (Å²) in [6.45, 7) is 9.57. The van der Waals surface area contributed by atoms with Gasteiger partial charge in [0.1, 0.15) is 17.5 Å². The van der Waals surface area contributed by atoms with Crippen LogP contribution in [0, 0.1) is 48.6 Å². The molecule has 0 spiro atoms. The van der Waals surface area contributed by atoms with Crippen molar-refractivity contribution in [2.45, 2.75) is 104 Å². The number of imidazole rings is 1. The van der Waals surface area contributed by atoms with Gasteiger partial charge in [-0.2, -0.15) is 0 Å². The lowest BCUT2D eigenvalue weighted by Crippen LogP contribution is -2.29. The lowest BCUT2D eigenvalue weighted by Gasteiger charge is -2.32. The van der Waals surface area contributed by atoms with Gasteiger partial charge in [0.25, 0.3) is 5.97 Å². The number of H-pyrrole nitrogens is 1. The number of hydrogen-bond donors (Lipinski definition) is 4. The molecule has 2 aliphatic rings. The molecule has 2 unspecified atom stereocenters. The molecule has 52 heavy (non-hydrogen) atoms. The van der Waals surface area contributed by atoms with Crippen LogP contribution in [0.2, 0.25) is 0 Å². The summed E-state index contributed by atoms with van der Waals surface area (Å²) in [7, 11) is 0. The van der Waals surface area contributed by atoms with Crippen molar-refractivity contribution in [1.29, 1.82) is 5.41 Å². The van der Waals surface area contributed by atoms with Crippen molar-refractivity contribution in [3.63, 3.8) is 0 Å². The monoisotopic (exact) mass is 710 g/mol. The summed E-state index contributed by atoms with van der Waals surface area (Å²) < 4.78 is 27.3. The number of fused-ring (bicyclic) bond motifs is 2. The van der Waals surface area contributed by atoms with Crippen molar-refractivity contribution in [1.82, 2.24) is 19.9 Å². The van der Waals surface area contributed by atoms with Gasteiger partial charge in [0.15, 0.2) is 0 Å². The second-order valence-electron chi connectivity index (χ2n) is 14.7. The quantitative estimate of drug-likeness (QED) is 0.102. The Morgan fingerprint density at radius 1 is 0.808 bits per heavy atom. The molecule has 3 aromatic heterocycles. The molecule has 2 aliphatic carbocycles. The number of aromatic nitrogens is 4. The Hall–Kier alpha value is -4.73. The van der Waals surface area contributed by atoms with Gasteiger partial charge < -0.3 is 15.8 Å². The number of carbonyl (C=O) groups is 1. The van der Waals surface area contributed by atoms with E-state index in [9.17, 15) is 8.78 Å². The summed E-state index contributed by atoms with van der Waals surface area (Å²) in [6.07, 6.45) is 12.6. The Balaban J connectivity index is 0.000000185. The number of aliphatic carboxylic acids is 1. The highest BCUT2D eigenvalue weighted by molar-refractivity contribution is 5.83. The van der Waals surface area contributed by atoms with Crippen LogP contribution in [0.5, 0.6) is 0 Å². The van der Waals surface area contributed by atoms with E-state index in [1.165, 1.54) is 41.8 Å². The third kappa shape index (κ3) is 9.38. The van der Waals surface area contributed by atoms with Gasteiger partial charge in [-0.1, -0.05) is 13.8 Å². The number of aromatic amines is 1. The Labute approximate surface area is 305 Å². The Bertz CT molecular complexity index is 1970. The first-order chi connectivity index (χ1) is 24.8. The largest absolute Gasteiger partial charge is 0.481 e. The van der Waals surface area contributed by atoms with E-state index in [-0.39, 0.29) is 17.6 Å². The van der Waals surface area contributed by atoms with Crippen LogP contribution in [0.3, 0.4) is 0 Å². The molecule has 2 fully saturated rings. The summed E-state index contributed by atoms with van der Waals surface area (Å²) in [5.74, 6) is 2.90. The van der Waals surface area contributed by atoms with E-state index in [1.54, 1.807) is 24.3 Å². The standard InChI is InChI=1S/C22H26FN3.C18H22FN3.C2H4O2/c1-13(22-25-14(2)15(3)26-22)16-4-6-17(7-5-16)19-10-11-24-21-9-8-18(23)12-20(19)21;1-11(18(20)21)12-2-4-13(5-3-12)15-8-9-22-17-7-6-14(19)10-16(15)17;1-2(3)4/h8-13,16-17H,4-7H2,1-3H3,(H,25,26);6-13H,2-5H2,1H3,(H3,20,21);1H3,(H,3,4). The van der Waals surface area contributed by atoms with Crippen LogP contribution < -0.4 is 5.73 Å². The second-order valence-corrected chi connectivity index (χ2v) is 14.7. The molecular weight excluding hydrogens is 658 g/mol. The number of rotatable bonds is 6. The topological polar surface area (TPSA) is 142 Å². The minimum atomic E-state index is -0.833. The minimum absolute atomic E-state index is 0.160. The third-order valence-electron chi connectivity index (χ3n) is 11.4. The maximum Gasteiger partial charge on any atom is 0.300 e. The molecule has 3 heterocycles. The van der Waals surface area contributed by atoms with Gasteiger partial charge in [-0.25, -0.2) is 13.8 Å². The molecule has 0 aliphatic heterocycles. The van der Waals surface area contributed by atoms with Crippen LogP contribution in [0.1, 0.15) is 118 Å². The number of aryl methyl sites for hydroxylation is 2. The Morgan fingerprint density at radius 2 is 1.25 bits per heavy atom. The van der Waals surface area contributed by atoms with Gasteiger partial charge in [-0.05, 0) is 149 Å². The number of pyridine rings is 2. The summed E-state index contributed by atoms with van der Waals surface area (Å²) >= 11 is 0. The van der Waals surface area contributed by atoms with Crippen molar-refractivity contribution >= 4 is 33.6 Å². The zero-order valence-electron chi connectivity index (χ0n) is 30.9. The van der Waals surface area contributed by atoms with Gasteiger partial charge in [-0.15, -0.1) is 0 Å². The predicted octanol–water partition coefficient (Wildman–Crippen LogP) is 10.1. The van der Waals surface area contributed by atoms with Crippen molar-refractivity contribution in [3.8, 4) is 0 Å². The fourth-order valence-electron chi connectivity index (χ4n) is 8.12. The lowest BCUT2D eigenvalue weighted by molar-refractivity contribution is -0.134. The number of nitrogens with zero attached hydrogens (tertiary/aromatic N) is 3. The van der Waals surface area contributed by atoms with E-state index in [0.29, 0.717) is 35.4 Å². The molecule has 2 aromatic carbocycles. The number of nitrogens with one attached hydrogen (secondary N) is 2. The fraction of sp³-hybridized carbons (Fsp3) is 0.452. The van der Waals surface area contributed by atoms with Crippen LogP contribution in [0.4, 0.5) is 8.78 Å². The highest BCUT2D eigenvalue weighted by Gasteiger charge is 2.30. The first-order valence-electron chi connectivity index (χ1n) is 18.5. The molecule has 10 heteroatoms. The average Bonchev–Trinajstić information content (AvgIpc) is 3.47. The first kappa shape index (κ1) is 38.5. The van der Waals surface area contributed by atoms with E-state index in [4.69, 9.17) is 26.0 Å². The minimum Gasteiger partial charge on any atom is -0.481 e. The Kier molecular flexibility index (Phi) is 12.7. The maximum atomic E-state index is 13.7. The van der Waals surface area contributed by atoms with E-state index in [1.807, 2.05) is 25.4 Å². The van der Waals surface area contributed by atoms with Crippen molar-refractivity contribution in [2.24, 2.45) is 23.5 Å². The highest BCUT2D eigenvalue weighted by atomic mass is 19.1. The van der Waals surface area contributed by atoms with Crippen LogP contribution in [-0.4, -0.2) is 36.8 Å². The van der Waals surface area contributed by atoms with Crippen LogP contribution in [-0.2, 0) is 4.79 Å². The maximum absolute atomic E-state index is 13.7. The van der Waals surface area contributed by atoms with Crippen molar-refractivity contribution in [3.05, 3.63) is 101 Å². The van der Waals surface area contributed by atoms with Crippen molar-refractivity contribution < 1.29 is 18.7 Å². The van der Waals surface area contributed by atoms with Gasteiger partial charge in [-0.3, -0.25) is 20.2 Å². The van der Waals surface area contributed by atoms with Crippen LogP contribution in [0.25, 0.3) is 21.8 Å². The summed E-state index contributed by atoms with van der Waals surface area (Å²) in [5.41, 5.74) is 12.1. The molecule has 0 radical (unpaired) electrons. The molecule has 0 amide bonds. The molecule has 2 saturated carbocycles. The van der Waals surface area contributed by atoms with Gasteiger partial charge in [0.2, 0.25) is 0 Å². The normalized spacial score (nSPS) is 21.3.